The standard InChI is InChI=1S/C31H30F3N3O3/c1-21-28(30(38)36-16-14-35(15-17-36)24-7-4-6-23(18-24)31(32,33)34)20-29(22-10-12-26(39-2)13-11-22)37(21)25-8-5-9-27(19-25)40-3/h4-13,18-20H,14-17H2,1-3H3. The van der Waals surface area contributed by atoms with Gasteiger partial charge in [0.2, 0.25) is 0 Å². The molecule has 0 unspecified atom stereocenters. The van der Waals surface area contributed by atoms with E-state index in [0.29, 0.717) is 43.2 Å². The van der Waals surface area contributed by atoms with Crippen molar-refractivity contribution in [3.8, 4) is 28.4 Å². The maximum absolute atomic E-state index is 13.8. The molecule has 0 spiro atoms. The lowest BCUT2D eigenvalue weighted by atomic mass is 10.1. The Morgan fingerprint density at radius 2 is 1.43 bits per heavy atom. The molecule has 9 heteroatoms. The van der Waals surface area contributed by atoms with Crippen molar-refractivity contribution < 1.29 is 27.4 Å². The molecule has 0 saturated carbocycles. The molecule has 208 valence electrons. The summed E-state index contributed by atoms with van der Waals surface area (Å²) in [6, 6.07) is 22.5. The summed E-state index contributed by atoms with van der Waals surface area (Å²) in [7, 11) is 3.22. The van der Waals surface area contributed by atoms with Gasteiger partial charge in [0.1, 0.15) is 11.5 Å². The van der Waals surface area contributed by atoms with Crippen LogP contribution in [-0.4, -0.2) is 55.8 Å². The minimum Gasteiger partial charge on any atom is -0.497 e. The fraction of sp³-hybridized carbons (Fsp3) is 0.258. The molecular formula is C31H30F3N3O3. The fourth-order valence-electron chi connectivity index (χ4n) is 5.10. The van der Waals surface area contributed by atoms with Crippen molar-refractivity contribution >= 4 is 11.6 Å². The van der Waals surface area contributed by atoms with Gasteiger partial charge in [0.15, 0.2) is 0 Å². The minimum absolute atomic E-state index is 0.113. The number of ether oxygens (including phenoxy) is 2. The highest BCUT2D eigenvalue weighted by Crippen LogP contribution is 2.34. The minimum atomic E-state index is -4.40. The van der Waals surface area contributed by atoms with Gasteiger partial charge in [-0.15, -0.1) is 0 Å². The molecule has 2 heterocycles. The van der Waals surface area contributed by atoms with Crippen molar-refractivity contribution in [3.63, 3.8) is 0 Å². The van der Waals surface area contributed by atoms with Crippen molar-refractivity contribution in [2.24, 2.45) is 0 Å². The zero-order valence-corrected chi connectivity index (χ0v) is 22.5. The Morgan fingerprint density at radius 1 is 0.775 bits per heavy atom. The van der Waals surface area contributed by atoms with Gasteiger partial charge in [0, 0.05) is 49.3 Å². The number of hydrogen-bond donors (Lipinski definition) is 0. The summed E-state index contributed by atoms with van der Waals surface area (Å²) in [6.45, 7) is 3.59. The summed E-state index contributed by atoms with van der Waals surface area (Å²) >= 11 is 0. The predicted molar refractivity (Wildman–Crippen MR) is 149 cm³/mol. The van der Waals surface area contributed by atoms with Crippen molar-refractivity contribution in [2.75, 3.05) is 45.3 Å². The van der Waals surface area contributed by atoms with Crippen LogP contribution in [0, 0.1) is 6.92 Å². The lowest BCUT2D eigenvalue weighted by molar-refractivity contribution is -0.137. The van der Waals surface area contributed by atoms with E-state index in [0.717, 1.165) is 40.5 Å². The Balaban J connectivity index is 1.44. The summed E-state index contributed by atoms with van der Waals surface area (Å²) in [4.78, 5) is 17.5. The molecule has 1 amide bonds. The van der Waals surface area contributed by atoms with Crippen LogP contribution in [-0.2, 0) is 6.18 Å². The number of amides is 1. The number of methoxy groups -OCH3 is 2. The Kier molecular flexibility index (Phi) is 7.47. The topological polar surface area (TPSA) is 46.9 Å². The predicted octanol–water partition coefficient (Wildman–Crippen LogP) is 6.45. The Bertz CT molecular complexity index is 1500. The molecule has 5 rings (SSSR count). The average molecular weight is 550 g/mol. The normalized spacial score (nSPS) is 13.8. The van der Waals surface area contributed by atoms with E-state index in [1.54, 1.807) is 25.2 Å². The van der Waals surface area contributed by atoms with E-state index in [1.165, 1.54) is 6.07 Å². The van der Waals surface area contributed by atoms with Gasteiger partial charge in [-0.1, -0.05) is 12.1 Å². The van der Waals surface area contributed by atoms with Gasteiger partial charge in [0.25, 0.3) is 5.91 Å². The molecule has 0 N–H and O–H groups in total. The quantitative estimate of drug-likeness (QED) is 0.277. The second-order valence-corrected chi connectivity index (χ2v) is 9.62. The molecule has 0 aliphatic carbocycles. The van der Waals surface area contributed by atoms with E-state index in [2.05, 4.69) is 0 Å². The van der Waals surface area contributed by atoms with Crippen LogP contribution in [0.3, 0.4) is 0 Å². The smallest absolute Gasteiger partial charge is 0.416 e. The zero-order chi connectivity index (χ0) is 28.4. The molecule has 0 atom stereocenters. The van der Waals surface area contributed by atoms with Gasteiger partial charge in [0.05, 0.1) is 31.0 Å². The van der Waals surface area contributed by atoms with Crippen LogP contribution >= 0.6 is 0 Å². The van der Waals surface area contributed by atoms with Crippen LogP contribution < -0.4 is 14.4 Å². The van der Waals surface area contributed by atoms with Gasteiger partial charge in [-0.25, -0.2) is 0 Å². The SMILES string of the molecule is COc1ccc(-c2cc(C(=O)N3CCN(c4cccc(C(F)(F)F)c4)CC3)c(C)n2-c2cccc(OC)c2)cc1. The lowest BCUT2D eigenvalue weighted by Crippen LogP contribution is -2.49. The van der Waals surface area contributed by atoms with E-state index in [9.17, 15) is 18.0 Å². The molecule has 1 fully saturated rings. The van der Waals surface area contributed by atoms with Crippen LogP contribution in [0.2, 0.25) is 0 Å². The molecule has 0 bridgehead atoms. The average Bonchev–Trinajstić information content (AvgIpc) is 3.33. The molecule has 4 aromatic rings. The fourth-order valence-corrected chi connectivity index (χ4v) is 5.10. The number of hydrogen-bond acceptors (Lipinski definition) is 4. The second kappa shape index (κ2) is 11.0. The number of piperazine rings is 1. The summed E-state index contributed by atoms with van der Waals surface area (Å²) in [5, 5.41) is 0. The number of anilines is 1. The van der Waals surface area contributed by atoms with Crippen molar-refractivity contribution in [3.05, 3.63) is 95.7 Å². The Labute approximate surface area is 231 Å². The molecule has 40 heavy (non-hydrogen) atoms. The largest absolute Gasteiger partial charge is 0.497 e. The number of carbonyl (C=O) groups excluding carboxylic acids is 1. The lowest BCUT2D eigenvalue weighted by Gasteiger charge is -2.36. The summed E-state index contributed by atoms with van der Waals surface area (Å²) in [5.41, 5.74) is 3.80. The molecule has 0 radical (unpaired) electrons. The first-order valence-corrected chi connectivity index (χ1v) is 12.9. The monoisotopic (exact) mass is 549 g/mol. The molecule has 1 aromatic heterocycles. The van der Waals surface area contributed by atoms with E-state index in [4.69, 9.17) is 9.47 Å². The van der Waals surface area contributed by atoms with Gasteiger partial charge >= 0.3 is 6.18 Å². The van der Waals surface area contributed by atoms with Gasteiger partial charge in [-0.05, 0) is 73.2 Å². The van der Waals surface area contributed by atoms with Gasteiger partial charge in [-0.2, -0.15) is 13.2 Å². The highest BCUT2D eigenvalue weighted by Gasteiger charge is 2.32. The third kappa shape index (κ3) is 5.36. The first-order valence-electron chi connectivity index (χ1n) is 12.9. The molecule has 1 saturated heterocycles. The Hall–Kier alpha value is -4.40. The third-order valence-electron chi connectivity index (χ3n) is 7.28. The zero-order valence-electron chi connectivity index (χ0n) is 22.5. The van der Waals surface area contributed by atoms with Crippen LogP contribution in [0.5, 0.6) is 11.5 Å². The van der Waals surface area contributed by atoms with Crippen molar-refractivity contribution in [2.45, 2.75) is 13.1 Å². The van der Waals surface area contributed by atoms with Crippen LogP contribution in [0.25, 0.3) is 16.9 Å². The third-order valence-corrected chi connectivity index (χ3v) is 7.28. The van der Waals surface area contributed by atoms with E-state index >= 15 is 0 Å². The summed E-state index contributed by atoms with van der Waals surface area (Å²) in [6.07, 6.45) is -4.40. The van der Waals surface area contributed by atoms with Gasteiger partial charge in [-0.3, -0.25) is 4.79 Å². The number of halogens is 3. The van der Waals surface area contributed by atoms with Crippen molar-refractivity contribution in [1.82, 2.24) is 9.47 Å². The van der Waals surface area contributed by atoms with Crippen molar-refractivity contribution in [1.29, 1.82) is 0 Å². The first kappa shape index (κ1) is 27.2. The van der Waals surface area contributed by atoms with E-state index in [1.807, 2.05) is 71.0 Å². The number of aromatic nitrogens is 1. The van der Waals surface area contributed by atoms with E-state index < -0.39 is 11.7 Å². The molecule has 1 aliphatic heterocycles. The highest BCUT2D eigenvalue weighted by atomic mass is 19.4. The van der Waals surface area contributed by atoms with Crippen LogP contribution in [0.1, 0.15) is 21.6 Å². The number of benzene rings is 3. The molecular weight excluding hydrogens is 519 g/mol. The number of carbonyl (C=O) groups is 1. The number of rotatable bonds is 6. The summed E-state index contributed by atoms with van der Waals surface area (Å²) in [5.74, 6) is 1.32. The maximum atomic E-state index is 13.8. The number of alkyl halides is 3. The molecule has 6 nitrogen and oxygen atoms in total. The van der Waals surface area contributed by atoms with E-state index in [-0.39, 0.29) is 5.91 Å². The Morgan fingerprint density at radius 3 is 2.08 bits per heavy atom. The van der Waals surface area contributed by atoms with Gasteiger partial charge < -0.3 is 23.8 Å². The second-order valence-electron chi connectivity index (χ2n) is 9.62. The molecule has 1 aliphatic rings. The highest BCUT2D eigenvalue weighted by molar-refractivity contribution is 5.97. The molecule has 3 aromatic carbocycles. The van der Waals surface area contributed by atoms with Crippen LogP contribution in [0.15, 0.2) is 78.9 Å². The maximum Gasteiger partial charge on any atom is 0.416 e. The summed E-state index contributed by atoms with van der Waals surface area (Å²) < 4.78 is 52.4. The van der Waals surface area contributed by atoms with Crippen LogP contribution in [0.4, 0.5) is 18.9 Å². The first-order chi connectivity index (χ1) is 19.2. The number of nitrogens with zero attached hydrogens (tertiary/aromatic N) is 3.